The van der Waals surface area contributed by atoms with Crippen molar-refractivity contribution >= 4 is 27.5 Å². The van der Waals surface area contributed by atoms with Gasteiger partial charge in [-0.15, -0.1) is 0 Å². The first-order valence-electron chi connectivity index (χ1n) is 11.4. The van der Waals surface area contributed by atoms with Crippen LogP contribution in [0.15, 0.2) is 53.7 Å². The maximum absolute atomic E-state index is 13.1. The first-order valence-corrected chi connectivity index (χ1v) is 12.9. The van der Waals surface area contributed by atoms with Crippen molar-refractivity contribution in [3.63, 3.8) is 0 Å². The highest BCUT2D eigenvalue weighted by Gasteiger charge is 2.35. The van der Waals surface area contributed by atoms with Gasteiger partial charge in [0.15, 0.2) is 0 Å². The standard InChI is InChI=1S/C24H32N4O5S/c1-4-17(2)22(24(30)26-19-8-5-13-25-15-19)27-23(29)18-7-6-14-28(16-18)34(31,32)21-11-9-20(33-3)10-12-21/h5,8-13,15,17-18,22H,4,6-7,14,16H2,1-3H3,(H,26,30)(H,27,29)/t17-,18-,22-/m0/s1. The predicted molar refractivity (Wildman–Crippen MR) is 129 cm³/mol. The molecule has 1 saturated heterocycles. The summed E-state index contributed by atoms with van der Waals surface area (Å²) < 4.78 is 32.7. The number of hydrogen-bond donors (Lipinski definition) is 2. The quantitative estimate of drug-likeness (QED) is 0.560. The van der Waals surface area contributed by atoms with Crippen LogP contribution in [0, 0.1) is 11.8 Å². The van der Waals surface area contributed by atoms with Crippen molar-refractivity contribution < 1.29 is 22.7 Å². The number of sulfonamides is 1. The molecule has 2 aromatic rings. The van der Waals surface area contributed by atoms with E-state index in [0.29, 0.717) is 37.2 Å². The van der Waals surface area contributed by atoms with Crippen LogP contribution in [0.3, 0.4) is 0 Å². The minimum Gasteiger partial charge on any atom is -0.497 e. The minimum absolute atomic E-state index is 0.0671. The van der Waals surface area contributed by atoms with E-state index in [0.717, 1.165) is 0 Å². The summed E-state index contributed by atoms with van der Waals surface area (Å²) in [6, 6.07) is 8.89. The molecule has 0 unspecified atom stereocenters. The topological polar surface area (TPSA) is 118 Å². The fraction of sp³-hybridized carbons (Fsp3) is 0.458. The van der Waals surface area contributed by atoms with Gasteiger partial charge in [-0.2, -0.15) is 4.31 Å². The van der Waals surface area contributed by atoms with Gasteiger partial charge in [-0.1, -0.05) is 20.3 Å². The van der Waals surface area contributed by atoms with Crippen LogP contribution >= 0.6 is 0 Å². The summed E-state index contributed by atoms with van der Waals surface area (Å²) in [6.07, 6.45) is 4.95. The average Bonchev–Trinajstić information content (AvgIpc) is 2.87. The van der Waals surface area contributed by atoms with Gasteiger partial charge in [-0.05, 0) is 55.2 Å². The molecule has 34 heavy (non-hydrogen) atoms. The molecule has 184 valence electrons. The Morgan fingerprint density at radius 2 is 1.97 bits per heavy atom. The lowest BCUT2D eigenvalue weighted by atomic mass is 9.94. The summed E-state index contributed by atoms with van der Waals surface area (Å²) in [5.41, 5.74) is 0.546. The van der Waals surface area contributed by atoms with E-state index in [1.165, 1.54) is 29.7 Å². The van der Waals surface area contributed by atoms with Gasteiger partial charge < -0.3 is 15.4 Å². The Morgan fingerprint density at radius 3 is 2.59 bits per heavy atom. The molecule has 3 atom stereocenters. The smallest absolute Gasteiger partial charge is 0.247 e. The van der Waals surface area contributed by atoms with Crippen LogP contribution in [-0.4, -0.2) is 55.8 Å². The second kappa shape index (κ2) is 11.4. The van der Waals surface area contributed by atoms with E-state index in [9.17, 15) is 18.0 Å². The number of ether oxygens (including phenoxy) is 1. The van der Waals surface area contributed by atoms with Gasteiger partial charge in [-0.25, -0.2) is 8.42 Å². The monoisotopic (exact) mass is 488 g/mol. The number of amides is 2. The molecule has 0 saturated carbocycles. The van der Waals surface area contributed by atoms with E-state index in [-0.39, 0.29) is 29.2 Å². The Balaban J connectivity index is 1.70. The first-order chi connectivity index (χ1) is 16.3. The van der Waals surface area contributed by atoms with Crippen molar-refractivity contribution in [3.8, 4) is 5.75 Å². The number of benzene rings is 1. The van der Waals surface area contributed by atoms with Gasteiger partial charge in [0.2, 0.25) is 21.8 Å². The number of aromatic nitrogens is 1. The summed E-state index contributed by atoms with van der Waals surface area (Å²) in [6.45, 7) is 4.26. The van der Waals surface area contributed by atoms with Crippen molar-refractivity contribution in [1.29, 1.82) is 0 Å². The number of hydrogen-bond acceptors (Lipinski definition) is 6. The number of nitrogens with zero attached hydrogens (tertiary/aromatic N) is 2. The highest BCUT2D eigenvalue weighted by atomic mass is 32.2. The molecule has 3 rings (SSSR count). The maximum Gasteiger partial charge on any atom is 0.247 e. The molecule has 10 heteroatoms. The van der Waals surface area contributed by atoms with Crippen LogP contribution in [-0.2, 0) is 19.6 Å². The summed E-state index contributed by atoms with van der Waals surface area (Å²) in [5.74, 6) is -0.728. The normalized spacial score (nSPS) is 18.5. The van der Waals surface area contributed by atoms with Crippen molar-refractivity contribution in [2.45, 2.75) is 44.0 Å². The van der Waals surface area contributed by atoms with E-state index in [4.69, 9.17) is 4.74 Å². The van der Waals surface area contributed by atoms with E-state index in [1.807, 2.05) is 13.8 Å². The molecular formula is C24H32N4O5S. The fourth-order valence-corrected chi connectivity index (χ4v) is 5.43. The number of methoxy groups -OCH3 is 1. The number of carbonyl (C=O) groups is 2. The van der Waals surface area contributed by atoms with Gasteiger partial charge >= 0.3 is 0 Å². The minimum atomic E-state index is -3.75. The van der Waals surface area contributed by atoms with E-state index in [2.05, 4.69) is 15.6 Å². The number of piperidine rings is 1. The van der Waals surface area contributed by atoms with Crippen LogP contribution in [0.4, 0.5) is 5.69 Å². The Labute approximate surface area is 201 Å². The van der Waals surface area contributed by atoms with Crippen molar-refractivity contribution in [3.05, 3.63) is 48.8 Å². The third-order valence-corrected chi connectivity index (χ3v) is 8.05. The van der Waals surface area contributed by atoms with Crippen LogP contribution < -0.4 is 15.4 Å². The maximum atomic E-state index is 13.1. The zero-order valence-corrected chi connectivity index (χ0v) is 20.5. The van der Waals surface area contributed by atoms with E-state index < -0.39 is 22.0 Å². The first kappa shape index (κ1) is 25.6. The predicted octanol–water partition coefficient (Wildman–Crippen LogP) is 2.66. The second-order valence-corrected chi connectivity index (χ2v) is 10.4. The summed E-state index contributed by atoms with van der Waals surface area (Å²) in [5, 5.41) is 5.67. The SMILES string of the molecule is CC[C@H](C)[C@H](NC(=O)[C@H]1CCCN(S(=O)(=O)c2ccc(OC)cc2)C1)C(=O)Nc1cccnc1. The molecule has 0 radical (unpaired) electrons. The largest absolute Gasteiger partial charge is 0.497 e. The molecule has 0 bridgehead atoms. The summed E-state index contributed by atoms with van der Waals surface area (Å²) in [7, 11) is -2.23. The van der Waals surface area contributed by atoms with E-state index in [1.54, 1.807) is 30.5 Å². The lowest BCUT2D eigenvalue weighted by Crippen LogP contribution is -2.52. The van der Waals surface area contributed by atoms with Crippen molar-refractivity contribution in [2.75, 3.05) is 25.5 Å². The van der Waals surface area contributed by atoms with Gasteiger partial charge in [0, 0.05) is 19.3 Å². The van der Waals surface area contributed by atoms with Crippen LogP contribution in [0.1, 0.15) is 33.1 Å². The van der Waals surface area contributed by atoms with Crippen LogP contribution in [0.25, 0.3) is 0 Å². The highest BCUT2D eigenvalue weighted by molar-refractivity contribution is 7.89. The number of rotatable bonds is 9. The molecule has 1 aliphatic heterocycles. The number of nitrogens with one attached hydrogen (secondary N) is 2. The van der Waals surface area contributed by atoms with Gasteiger partial charge in [0.1, 0.15) is 11.8 Å². The molecule has 2 heterocycles. The third kappa shape index (κ3) is 6.12. The molecule has 9 nitrogen and oxygen atoms in total. The van der Waals surface area contributed by atoms with Gasteiger partial charge in [0.05, 0.1) is 29.8 Å². The van der Waals surface area contributed by atoms with E-state index >= 15 is 0 Å². The molecule has 0 aliphatic carbocycles. The van der Waals surface area contributed by atoms with Gasteiger partial charge in [-0.3, -0.25) is 14.6 Å². The highest BCUT2D eigenvalue weighted by Crippen LogP contribution is 2.25. The molecule has 1 aromatic carbocycles. The van der Waals surface area contributed by atoms with Crippen molar-refractivity contribution in [2.24, 2.45) is 11.8 Å². The van der Waals surface area contributed by atoms with Gasteiger partial charge in [0.25, 0.3) is 0 Å². The lowest BCUT2D eigenvalue weighted by Gasteiger charge is -2.32. The molecule has 0 spiro atoms. The lowest BCUT2D eigenvalue weighted by molar-refractivity contribution is -0.131. The molecule has 1 aliphatic rings. The Kier molecular flexibility index (Phi) is 8.62. The fourth-order valence-electron chi connectivity index (χ4n) is 3.90. The summed E-state index contributed by atoms with van der Waals surface area (Å²) >= 11 is 0. The average molecular weight is 489 g/mol. The number of anilines is 1. The molecule has 2 amide bonds. The third-order valence-electron chi connectivity index (χ3n) is 6.17. The zero-order chi connectivity index (χ0) is 24.7. The Bertz CT molecular complexity index is 1080. The molecular weight excluding hydrogens is 456 g/mol. The Morgan fingerprint density at radius 1 is 1.24 bits per heavy atom. The molecule has 2 N–H and O–H groups in total. The zero-order valence-electron chi connectivity index (χ0n) is 19.7. The Hall–Kier alpha value is -2.98. The van der Waals surface area contributed by atoms with Crippen LogP contribution in [0.5, 0.6) is 5.75 Å². The molecule has 1 fully saturated rings. The summed E-state index contributed by atoms with van der Waals surface area (Å²) in [4.78, 5) is 30.2. The second-order valence-electron chi connectivity index (χ2n) is 8.48. The van der Waals surface area contributed by atoms with Crippen LogP contribution in [0.2, 0.25) is 0 Å². The number of pyridine rings is 1. The number of carbonyl (C=O) groups excluding carboxylic acids is 2. The van der Waals surface area contributed by atoms with Crippen molar-refractivity contribution in [1.82, 2.24) is 14.6 Å². The molecule has 1 aromatic heterocycles.